The maximum atomic E-state index is 11.6. The molecule has 1 saturated heterocycles. The van der Waals surface area contributed by atoms with E-state index in [1.165, 1.54) is 38.5 Å². The highest BCUT2D eigenvalue weighted by Crippen LogP contribution is 2.13. The number of Topliss-reactive ketones (excluding diaryl/α,β-unsaturated/α-hetero) is 1. The van der Waals surface area contributed by atoms with Gasteiger partial charge in [0.15, 0.2) is 0 Å². The normalized spacial score (nSPS) is 22.5. The van der Waals surface area contributed by atoms with E-state index < -0.39 is 0 Å². The molecule has 1 aliphatic rings. The molecule has 0 spiro atoms. The van der Waals surface area contributed by atoms with Gasteiger partial charge in [-0.2, -0.15) is 0 Å². The second kappa shape index (κ2) is 11.0. The van der Waals surface area contributed by atoms with E-state index in [1.54, 1.807) is 0 Å². The van der Waals surface area contributed by atoms with Crippen LogP contribution in [0.25, 0.3) is 0 Å². The molecule has 0 N–H and O–H groups in total. The lowest BCUT2D eigenvalue weighted by molar-refractivity contribution is -0.144. The van der Waals surface area contributed by atoms with Crippen LogP contribution >= 0.6 is 0 Å². The van der Waals surface area contributed by atoms with Crippen LogP contribution in [-0.2, 0) is 14.3 Å². The molecule has 1 rings (SSSR count). The molecule has 3 heteroatoms. The van der Waals surface area contributed by atoms with Crippen molar-refractivity contribution in [2.45, 2.75) is 83.5 Å². The molecule has 0 amide bonds. The summed E-state index contributed by atoms with van der Waals surface area (Å²) in [6.07, 6.45) is 13.1. The van der Waals surface area contributed by atoms with Crippen LogP contribution in [-0.4, -0.2) is 18.4 Å². The van der Waals surface area contributed by atoms with Gasteiger partial charge in [0.1, 0.15) is 5.78 Å². The molecule has 0 aromatic rings. The van der Waals surface area contributed by atoms with E-state index in [-0.39, 0.29) is 5.97 Å². The number of carbonyl (C=O) groups excluding carboxylic acids is 2. The van der Waals surface area contributed by atoms with Crippen LogP contribution in [0.4, 0.5) is 0 Å². The molecular weight excluding hydrogens is 240 g/mol. The Morgan fingerprint density at radius 1 is 0.579 bits per heavy atom. The number of cyclic esters (lactones) is 1. The number of hydrogen-bond donors (Lipinski definition) is 0. The molecule has 1 aliphatic heterocycles. The topological polar surface area (TPSA) is 43.4 Å². The fraction of sp³-hybridized carbons (Fsp3) is 0.875. The minimum atomic E-state index is -0.100. The zero-order chi connectivity index (χ0) is 13.8. The lowest BCUT2D eigenvalue weighted by Crippen LogP contribution is -2.07. The highest BCUT2D eigenvalue weighted by molar-refractivity contribution is 5.78. The van der Waals surface area contributed by atoms with Crippen LogP contribution in [0.5, 0.6) is 0 Å². The molecule has 3 nitrogen and oxygen atoms in total. The van der Waals surface area contributed by atoms with Crippen molar-refractivity contribution < 1.29 is 14.3 Å². The fourth-order valence-corrected chi connectivity index (χ4v) is 2.48. The summed E-state index contributed by atoms with van der Waals surface area (Å²) in [5, 5.41) is 0. The maximum Gasteiger partial charge on any atom is 0.305 e. The van der Waals surface area contributed by atoms with Crippen LogP contribution < -0.4 is 0 Å². The summed E-state index contributed by atoms with van der Waals surface area (Å²) in [7, 11) is 0. The van der Waals surface area contributed by atoms with Crippen molar-refractivity contribution in [2.24, 2.45) is 0 Å². The third-order valence-electron chi connectivity index (χ3n) is 3.70. The number of ketones is 1. The molecule has 19 heavy (non-hydrogen) atoms. The third kappa shape index (κ3) is 9.69. The van der Waals surface area contributed by atoms with Crippen LogP contribution in [0.2, 0.25) is 0 Å². The molecule has 0 aromatic heterocycles. The number of ether oxygens (including phenoxy) is 1. The molecule has 0 saturated carbocycles. The van der Waals surface area contributed by atoms with Crippen molar-refractivity contribution in [3.8, 4) is 0 Å². The van der Waals surface area contributed by atoms with Gasteiger partial charge in [0.2, 0.25) is 0 Å². The summed E-state index contributed by atoms with van der Waals surface area (Å²) < 4.78 is 5.12. The molecule has 0 unspecified atom stereocenters. The minimum Gasteiger partial charge on any atom is -0.466 e. The number of rotatable bonds is 0. The third-order valence-corrected chi connectivity index (χ3v) is 3.70. The first kappa shape index (κ1) is 16.2. The standard InChI is InChI=1S/C16H28O3/c17-15-11-8-6-4-2-1-3-5-7-9-13-16(18)19-14-10-12-15/h1-14H2. The minimum absolute atomic E-state index is 0.100. The number of esters is 1. The van der Waals surface area contributed by atoms with Gasteiger partial charge in [0.25, 0.3) is 0 Å². The van der Waals surface area contributed by atoms with Gasteiger partial charge in [-0.05, 0) is 19.3 Å². The van der Waals surface area contributed by atoms with Gasteiger partial charge in [-0.15, -0.1) is 0 Å². The Morgan fingerprint density at radius 3 is 1.68 bits per heavy atom. The summed E-state index contributed by atoms with van der Waals surface area (Å²) in [5.41, 5.74) is 0. The van der Waals surface area contributed by atoms with Gasteiger partial charge in [-0.25, -0.2) is 0 Å². The SMILES string of the molecule is O=C1CCCCCCCCCCCC(=O)OCCC1. The van der Waals surface area contributed by atoms with Gasteiger partial charge < -0.3 is 4.74 Å². The Bertz CT molecular complexity index is 235. The summed E-state index contributed by atoms with van der Waals surface area (Å²) in [5.74, 6) is 0.220. The van der Waals surface area contributed by atoms with Crippen LogP contribution in [0.15, 0.2) is 0 Å². The first-order chi connectivity index (χ1) is 9.29. The molecular formula is C16H28O3. The zero-order valence-electron chi connectivity index (χ0n) is 12.1. The lowest BCUT2D eigenvalue weighted by atomic mass is 10.0. The first-order valence-electron chi connectivity index (χ1n) is 7.96. The van der Waals surface area contributed by atoms with Crippen molar-refractivity contribution >= 4 is 11.8 Å². The van der Waals surface area contributed by atoms with E-state index in [1.807, 2.05) is 0 Å². The highest BCUT2D eigenvalue weighted by atomic mass is 16.5. The smallest absolute Gasteiger partial charge is 0.305 e. The Labute approximate surface area is 117 Å². The largest absolute Gasteiger partial charge is 0.466 e. The van der Waals surface area contributed by atoms with Gasteiger partial charge in [-0.1, -0.05) is 44.9 Å². The van der Waals surface area contributed by atoms with E-state index in [0.29, 0.717) is 38.1 Å². The lowest BCUT2D eigenvalue weighted by Gasteiger charge is -2.04. The van der Waals surface area contributed by atoms with E-state index in [9.17, 15) is 9.59 Å². The summed E-state index contributed by atoms with van der Waals surface area (Å²) in [4.78, 5) is 23.0. The summed E-state index contributed by atoms with van der Waals surface area (Å²) in [6.45, 7) is 0.407. The van der Waals surface area contributed by atoms with E-state index in [2.05, 4.69) is 0 Å². The monoisotopic (exact) mass is 268 g/mol. The maximum absolute atomic E-state index is 11.6. The van der Waals surface area contributed by atoms with Crippen LogP contribution in [0.1, 0.15) is 83.5 Å². The number of hydrogen-bond acceptors (Lipinski definition) is 3. The second-order valence-electron chi connectivity index (χ2n) is 5.54. The number of carbonyl (C=O) groups is 2. The highest BCUT2D eigenvalue weighted by Gasteiger charge is 2.05. The van der Waals surface area contributed by atoms with Crippen molar-refractivity contribution in [2.75, 3.05) is 6.61 Å². The quantitative estimate of drug-likeness (QED) is 0.619. The second-order valence-corrected chi connectivity index (χ2v) is 5.54. The Hall–Kier alpha value is -0.860. The van der Waals surface area contributed by atoms with Crippen molar-refractivity contribution in [3.63, 3.8) is 0 Å². The molecule has 110 valence electrons. The molecule has 1 fully saturated rings. The van der Waals surface area contributed by atoms with Crippen LogP contribution in [0, 0.1) is 0 Å². The first-order valence-corrected chi connectivity index (χ1v) is 7.96. The zero-order valence-corrected chi connectivity index (χ0v) is 12.1. The molecule has 1 heterocycles. The summed E-state index contributed by atoms with van der Waals surface area (Å²) >= 11 is 0. The van der Waals surface area contributed by atoms with Crippen LogP contribution in [0.3, 0.4) is 0 Å². The fourth-order valence-electron chi connectivity index (χ4n) is 2.48. The summed E-state index contributed by atoms with van der Waals surface area (Å²) in [6, 6.07) is 0. The molecule has 0 aliphatic carbocycles. The Kier molecular flexibility index (Phi) is 9.38. The average molecular weight is 268 g/mol. The molecule has 0 aromatic carbocycles. The van der Waals surface area contributed by atoms with E-state index in [4.69, 9.17) is 4.74 Å². The van der Waals surface area contributed by atoms with Crippen molar-refractivity contribution in [1.82, 2.24) is 0 Å². The average Bonchev–Trinajstić information content (AvgIpc) is 2.40. The van der Waals surface area contributed by atoms with Crippen molar-refractivity contribution in [1.29, 1.82) is 0 Å². The van der Waals surface area contributed by atoms with Gasteiger partial charge in [0, 0.05) is 19.3 Å². The Balaban J connectivity index is 2.22. The predicted molar refractivity (Wildman–Crippen MR) is 76.0 cm³/mol. The predicted octanol–water partition coefficient (Wildman–Crippen LogP) is 4.18. The molecule has 0 atom stereocenters. The molecule has 0 bridgehead atoms. The van der Waals surface area contributed by atoms with Gasteiger partial charge in [0.05, 0.1) is 6.61 Å². The van der Waals surface area contributed by atoms with E-state index >= 15 is 0 Å². The molecule has 0 radical (unpaired) electrons. The van der Waals surface area contributed by atoms with E-state index in [0.717, 1.165) is 19.3 Å². The van der Waals surface area contributed by atoms with Gasteiger partial charge >= 0.3 is 5.97 Å². The van der Waals surface area contributed by atoms with Crippen molar-refractivity contribution in [3.05, 3.63) is 0 Å². The Morgan fingerprint density at radius 2 is 1.05 bits per heavy atom. The van der Waals surface area contributed by atoms with Gasteiger partial charge in [-0.3, -0.25) is 9.59 Å².